The van der Waals surface area contributed by atoms with Crippen molar-refractivity contribution in [2.45, 2.75) is 25.8 Å². The smallest absolute Gasteiger partial charge is 0.409 e. The topological polar surface area (TPSA) is 102 Å². The molecule has 0 saturated carbocycles. The van der Waals surface area contributed by atoms with Gasteiger partial charge in [0.15, 0.2) is 5.82 Å². The molecule has 1 aliphatic rings. The van der Waals surface area contributed by atoms with E-state index in [1.165, 1.54) is 0 Å². The lowest BCUT2D eigenvalue weighted by Crippen LogP contribution is -2.42. The zero-order valence-electron chi connectivity index (χ0n) is 15.5. The zero-order valence-corrected chi connectivity index (χ0v) is 15.5. The van der Waals surface area contributed by atoms with Crippen LogP contribution in [0.1, 0.15) is 19.8 Å². The van der Waals surface area contributed by atoms with Crippen LogP contribution in [0.3, 0.4) is 0 Å². The molecule has 2 aromatic rings. The van der Waals surface area contributed by atoms with E-state index in [2.05, 4.69) is 25.8 Å². The van der Waals surface area contributed by atoms with E-state index in [0.29, 0.717) is 37.2 Å². The van der Waals surface area contributed by atoms with Gasteiger partial charge in [0.25, 0.3) is 0 Å². The van der Waals surface area contributed by atoms with Crippen molar-refractivity contribution in [1.29, 1.82) is 0 Å². The first-order valence-electron chi connectivity index (χ1n) is 8.97. The molecule has 9 nitrogen and oxygen atoms in total. The van der Waals surface area contributed by atoms with Crippen LogP contribution in [0.15, 0.2) is 30.5 Å². The highest BCUT2D eigenvalue weighted by molar-refractivity contribution is 5.67. The van der Waals surface area contributed by atoms with Gasteiger partial charge < -0.3 is 25.0 Å². The number of carbonyl (C=O) groups excluding carboxylic acids is 1. The highest BCUT2D eigenvalue weighted by atomic mass is 16.6. The molecule has 0 atom stereocenters. The molecule has 1 saturated heterocycles. The largest absolute Gasteiger partial charge is 0.495 e. The molecule has 9 heteroatoms. The molecule has 1 fully saturated rings. The van der Waals surface area contributed by atoms with Gasteiger partial charge in [0.1, 0.15) is 5.75 Å². The van der Waals surface area contributed by atoms with Crippen LogP contribution < -0.4 is 15.4 Å². The van der Waals surface area contributed by atoms with E-state index in [-0.39, 0.29) is 12.1 Å². The second-order valence-corrected chi connectivity index (χ2v) is 6.10. The Balaban J connectivity index is 1.58. The third kappa shape index (κ3) is 4.96. The average Bonchev–Trinajstić information content (AvgIpc) is 2.69. The van der Waals surface area contributed by atoms with Crippen molar-refractivity contribution >= 4 is 23.5 Å². The van der Waals surface area contributed by atoms with Gasteiger partial charge >= 0.3 is 6.09 Å². The Kier molecular flexibility index (Phi) is 6.24. The van der Waals surface area contributed by atoms with Crippen molar-refractivity contribution in [2.24, 2.45) is 0 Å². The zero-order chi connectivity index (χ0) is 19.1. The fourth-order valence-electron chi connectivity index (χ4n) is 2.92. The Morgan fingerprint density at radius 1 is 1.30 bits per heavy atom. The number of likely N-dealkylation sites (tertiary alicyclic amines) is 1. The number of benzene rings is 1. The molecule has 27 heavy (non-hydrogen) atoms. The number of hydrogen-bond acceptors (Lipinski definition) is 8. The highest BCUT2D eigenvalue weighted by Crippen LogP contribution is 2.25. The number of amides is 1. The Labute approximate surface area is 158 Å². The number of nitrogens with one attached hydrogen (secondary N) is 2. The lowest BCUT2D eigenvalue weighted by atomic mass is 10.1. The van der Waals surface area contributed by atoms with Gasteiger partial charge in [-0.05, 0) is 31.9 Å². The summed E-state index contributed by atoms with van der Waals surface area (Å²) in [5.41, 5.74) is 0.765. The first-order chi connectivity index (χ1) is 13.2. The number of aromatic nitrogens is 3. The van der Waals surface area contributed by atoms with Crippen LogP contribution in [-0.2, 0) is 4.74 Å². The van der Waals surface area contributed by atoms with Crippen molar-refractivity contribution in [3.63, 3.8) is 0 Å². The van der Waals surface area contributed by atoms with Gasteiger partial charge in [-0.25, -0.2) is 4.79 Å². The van der Waals surface area contributed by atoms with Crippen LogP contribution in [0, 0.1) is 0 Å². The first kappa shape index (κ1) is 18.7. The molecule has 1 aromatic heterocycles. The predicted octanol–water partition coefficient (Wildman–Crippen LogP) is 2.66. The Morgan fingerprint density at radius 2 is 2.07 bits per heavy atom. The van der Waals surface area contributed by atoms with Crippen molar-refractivity contribution < 1.29 is 14.3 Å². The minimum atomic E-state index is -0.247. The van der Waals surface area contributed by atoms with E-state index < -0.39 is 0 Å². The number of piperidine rings is 1. The van der Waals surface area contributed by atoms with Crippen molar-refractivity contribution in [3.05, 3.63) is 30.5 Å². The van der Waals surface area contributed by atoms with Gasteiger partial charge in [0.2, 0.25) is 5.95 Å². The minimum absolute atomic E-state index is 0.214. The molecule has 0 aliphatic carbocycles. The van der Waals surface area contributed by atoms with Crippen LogP contribution in [0.5, 0.6) is 5.75 Å². The molecule has 0 bridgehead atoms. The van der Waals surface area contributed by atoms with Gasteiger partial charge in [-0.15, -0.1) is 5.10 Å². The Bertz CT molecular complexity index is 764. The number of rotatable bonds is 6. The molecule has 0 unspecified atom stereocenters. The standard InChI is InChI=1S/C18H24N6O3/c1-3-27-18(25)24-10-8-13(9-11-24)20-16-12-19-23-17(22-16)21-14-6-4-5-7-15(14)26-2/h4-7,12-13H,3,8-11H2,1-2H3,(H2,20,21,22,23). The van der Waals surface area contributed by atoms with E-state index in [9.17, 15) is 4.79 Å². The molecule has 0 radical (unpaired) electrons. The number of anilines is 3. The second-order valence-electron chi connectivity index (χ2n) is 6.10. The molecule has 144 valence electrons. The molecule has 3 rings (SSSR count). The third-order valence-corrected chi connectivity index (χ3v) is 4.29. The summed E-state index contributed by atoms with van der Waals surface area (Å²) >= 11 is 0. The molecule has 2 heterocycles. The fraction of sp³-hybridized carbons (Fsp3) is 0.444. The maximum absolute atomic E-state index is 11.8. The third-order valence-electron chi connectivity index (χ3n) is 4.29. The summed E-state index contributed by atoms with van der Waals surface area (Å²) in [6.45, 7) is 3.51. The molecular weight excluding hydrogens is 348 g/mol. The van der Waals surface area contributed by atoms with Crippen molar-refractivity contribution in [1.82, 2.24) is 20.1 Å². The highest BCUT2D eigenvalue weighted by Gasteiger charge is 2.23. The van der Waals surface area contributed by atoms with Crippen LogP contribution in [0.25, 0.3) is 0 Å². The SMILES string of the molecule is CCOC(=O)N1CCC(Nc2cnnc(Nc3ccccc3OC)n2)CC1. The van der Waals surface area contributed by atoms with Crippen molar-refractivity contribution in [3.8, 4) is 5.75 Å². The van der Waals surface area contributed by atoms with Crippen molar-refractivity contribution in [2.75, 3.05) is 37.4 Å². The van der Waals surface area contributed by atoms with Gasteiger partial charge in [-0.2, -0.15) is 10.1 Å². The van der Waals surface area contributed by atoms with E-state index in [0.717, 1.165) is 18.5 Å². The predicted molar refractivity (Wildman–Crippen MR) is 101 cm³/mol. The minimum Gasteiger partial charge on any atom is -0.495 e. The quantitative estimate of drug-likeness (QED) is 0.798. The molecule has 0 spiro atoms. The van der Waals surface area contributed by atoms with Crippen LogP contribution in [-0.4, -0.2) is 59.0 Å². The number of para-hydroxylation sites is 2. The normalized spacial score (nSPS) is 14.5. The summed E-state index contributed by atoms with van der Waals surface area (Å²) < 4.78 is 10.4. The summed E-state index contributed by atoms with van der Waals surface area (Å²) in [4.78, 5) is 18.0. The number of nitrogens with zero attached hydrogens (tertiary/aromatic N) is 4. The summed E-state index contributed by atoms with van der Waals surface area (Å²) in [6, 6.07) is 7.75. The molecule has 2 N–H and O–H groups in total. The van der Waals surface area contributed by atoms with Crippen LogP contribution in [0.4, 0.5) is 22.2 Å². The van der Waals surface area contributed by atoms with Gasteiger partial charge in [0, 0.05) is 19.1 Å². The van der Waals surface area contributed by atoms with Gasteiger partial charge in [-0.3, -0.25) is 0 Å². The summed E-state index contributed by atoms with van der Waals surface area (Å²) in [5, 5.41) is 14.5. The summed E-state index contributed by atoms with van der Waals surface area (Å²) in [7, 11) is 1.61. The number of methoxy groups -OCH3 is 1. The molecule has 1 amide bonds. The lowest BCUT2D eigenvalue weighted by molar-refractivity contribution is 0.0983. The maximum atomic E-state index is 11.8. The first-order valence-corrected chi connectivity index (χ1v) is 8.97. The van der Waals surface area contributed by atoms with E-state index in [4.69, 9.17) is 9.47 Å². The van der Waals surface area contributed by atoms with E-state index in [1.807, 2.05) is 31.2 Å². The summed E-state index contributed by atoms with van der Waals surface area (Å²) in [5.74, 6) is 1.72. The van der Waals surface area contributed by atoms with Gasteiger partial charge in [0.05, 0.1) is 25.6 Å². The number of ether oxygens (including phenoxy) is 2. The van der Waals surface area contributed by atoms with E-state index >= 15 is 0 Å². The molecular formula is C18H24N6O3. The Hall–Kier alpha value is -3.10. The fourth-order valence-corrected chi connectivity index (χ4v) is 2.92. The number of carbonyl (C=O) groups is 1. The maximum Gasteiger partial charge on any atom is 0.409 e. The summed E-state index contributed by atoms with van der Waals surface area (Å²) in [6.07, 6.45) is 2.98. The monoisotopic (exact) mass is 372 g/mol. The second kappa shape index (κ2) is 9.02. The average molecular weight is 372 g/mol. The molecule has 1 aliphatic heterocycles. The van der Waals surface area contributed by atoms with E-state index in [1.54, 1.807) is 18.2 Å². The molecule has 1 aromatic carbocycles. The van der Waals surface area contributed by atoms with Crippen LogP contribution >= 0.6 is 0 Å². The van der Waals surface area contributed by atoms with Crippen LogP contribution in [0.2, 0.25) is 0 Å². The van der Waals surface area contributed by atoms with Gasteiger partial charge in [-0.1, -0.05) is 12.1 Å². The number of hydrogen-bond donors (Lipinski definition) is 2. The Morgan fingerprint density at radius 3 is 2.81 bits per heavy atom. The lowest BCUT2D eigenvalue weighted by Gasteiger charge is -2.31.